The number of ether oxygens (including phenoxy) is 1. The van der Waals surface area contributed by atoms with Gasteiger partial charge in [0.2, 0.25) is 5.91 Å². The molecule has 2 heterocycles. The van der Waals surface area contributed by atoms with Gasteiger partial charge in [-0.3, -0.25) is 9.59 Å². The molecule has 3 N–H and O–H groups in total. The molecule has 7 heteroatoms. The molecule has 5 aromatic rings. The summed E-state index contributed by atoms with van der Waals surface area (Å²) in [6, 6.07) is 29.1. The van der Waals surface area contributed by atoms with E-state index in [0.717, 1.165) is 32.7 Å². The van der Waals surface area contributed by atoms with Crippen LogP contribution in [0.15, 0.2) is 97.2 Å². The summed E-state index contributed by atoms with van der Waals surface area (Å²) < 4.78 is 7.90. The molecule has 0 fully saturated rings. The van der Waals surface area contributed by atoms with Crippen molar-refractivity contribution in [2.45, 2.75) is 13.2 Å². The largest absolute Gasteiger partial charge is 0.488 e. The monoisotopic (exact) mass is 481 g/mol. The van der Waals surface area contributed by atoms with Crippen LogP contribution in [0.5, 0.6) is 5.75 Å². The standard InChI is InChI=1S/C28H23N3O3S/c29-27(33)22-16-25(20-10-5-2-6-11-20)35-28(22)30-26(32)17-31-15-14-21-23(31)12-7-13-24(21)34-18-19-8-3-1-4-9-19/h1-16H,17-18H2,(H2,29,33)(H,30,32). The number of benzene rings is 3. The van der Waals surface area contributed by atoms with Crippen LogP contribution in [-0.4, -0.2) is 16.4 Å². The molecule has 0 unspecified atom stereocenters. The van der Waals surface area contributed by atoms with Gasteiger partial charge in [-0.15, -0.1) is 11.3 Å². The predicted octanol–water partition coefficient (Wildman–Crippen LogP) is 5.69. The highest BCUT2D eigenvalue weighted by atomic mass is 32.1. The van der Waals surface area contributed by atoms with E-state index >= 15 is 0 Å². The number of primary amides is 1. The second-order valence-electron chi connectivity index (χ2n) is 8.04. The third-order valence-corrected chi connectivity index (χ3v) is 6.73. The number of nitrogens with one attached hydrogen (secondary N) is 1. The number of nitrogens with two attached hydrogens (primary N) is 1. The van der Waals surface area contributed by atoms with Crippen molar-refractivity contribution in [2.75, 3.05) is 5.32 Å². The van der Waals surface area contributed by atoms with Gasteiger partial charge in [0.1, 0.15) is 23.9 Å². The molecule has 0 saturated heterocycles. The Morgan fingerprint density at radius 1 is 0.914 bits per heavy atom. The van der Waals surface area contributed by atoms with Crippen LogP contribution in [0.3, 0.4) is 0 Å². The lowest BCUT2D eigenvalue weighted by atomic mass is 10.1. The maximum absolute atomic E-state index is 12.9. The maximum atomic E-state index is 12.9. The third-order valence-electron chi connectivity index (χ3n) is 5.63. The number of amides is 2. The number of anilines is 1. The van der Waals surface area contributed by atoms with E-state index in [1.54, 1.807) is 6.07 Å². The summed E-state index contributed by atoms with van der Waals surface area (Å²) in [5.74, 6) is -0.0697. The van der Waals surface area contributed by atoms with Crippen molar-refractivity contribution in [3.8, 4) is 16.2 Å². The van der Waals surface area contributed by atoms with E-state index in [2.05, 4.69) is 5.32 Å². The first-order valence-electron chi connectivity index (χ1n) is 11.1. The van der Waals surface area contributed by atoms with Crippen LogP contribution in [0, 0.1) is 0 Å². The van der Waals surface area contributed by atoms with E-state index in [1.165, 1.54) is 11.3 Å². The van der Waals surface area contributed by atoms with Crippen LogP contribution < -0.4 is 15.8 Å². The fourth-order valence-electron chi connectivity index (χ4n) is 3.93. The normalized spacial score (nSPS) is 10.9. The van der Waals surface area contributed by atoms with Crippen molar-refractivity contribution in [1.29, 1.82) is 0 Å². The highest BCUT2D eigenvalue weighted by Gasteiger charge is 2.18. The molecule has 0 spiro atoms. The Hall–Kier alpha value is -4.36. The smallest absolute Gasteiger partial charge is 0.251 e. The number of hydrogen-bond donors (Lipinski definition) is 2. The van der Waals surface area contributed by atoms with Gasteiger partial charge in [-0.2, -0.15) is 0 Å². The number of carbonyl (C=O) groups excluding carboxylic acids is 2. The van der Waals surface area contributed by atoms with Crippen molar-refractivity contribution in [1.82, 2.24) is 4.57 Å². The first-order valence-corrected chi connectivity index (χ1v) is 11.9. The fraction of sp³-hybridized carbons (Fsp3) is 0.0714. The summed E-state index contributed by atoms with van der Waals surface area (Å²) in [5, 5.41) is 4.25. The minimum absolute atomic E-state index is 0.0857. The number of aromatic nitrogens is 1. The van der Waals surface area contributed by atoms with Gasteiger partial charge < -0.3 is 20.4 Å². The molecule has 0 aliphatic heterocycles. The average Bonchev–Trinajstić information content (AvgIpc) is 3.49. The van der Waals surface area contributed by atoms with E-state index in [9.17, 15) is 9.59 Å². The zero-order valence-electron chi connectivity index (χ0n) is 18.8. The number of fused-ring (bicyclic) bond motifs is 1. The van der Waals surface area contributed by atoms with Gasteiger partial charge >= 0.3 is 0 Å². The molecule has 174 valence electrons. The lowest BCUT2D eigenvalue weighted by Gasteiger charge is -2.10. The van der Waals surface area contributed by atoms with E-state index in [4.69, 9.17) is 10.5 Å². The Morgan fingerprint density at radius 3 is 2.40 bits per heavy atom. The molecule has 0 atom stereocenters. The van der Waals surface area contributed by atoms with Crippen LogP contribution >= 0.6 is 11.3 Å². The van der Waals surface area contributed by atoms with Gasteiger partial charge in [0, 0.05) is 16.5 Å². The second-order valence-corrected chi connectivity index (χ2v) is 9.09. The zero-order valence-corrected chi connectivity index (χ0v) is 19.6. The minimum Gasteiger partial charge on any atom is -0.488 e. The number of hydrogen-bond acceptors (Lipinski definition) is 4. The van der Waals surface area contributed by atoms with Crippen LogP contribution in [0.1, 0.15) is 15.9 Å². The molecule has 6 nitrogen and oxygen atoms in total. The second kappa shape index (κ2) is 9.87. The third kappa shape index (κ3) is 4.95. The summed E-state index contributed by atoms with van der Waals surface area (Å²) in [4.78, 5) is 25.8. The van der Waals surface area contributed by atoms with Crippen molar-refractivity contribution >= 4 is 39.1 Å². The SMILES string of the molecule is NC(=O)c1cc(-c2ccccc2)sc1NC(=O)Cn1ccc2c(OCc3ccccc3)cccc21. The highest BCUT2D eigenvalue weighted by Crippen LogP contribution is 2.35. The topological polar surface area (TPSA) is 86.4 Å². The molecule has 0 saturated carbocycles. The molecule has 0 aliphatic rings. The first-order chi connectivity index (χ1) is 17.1. The van der Waals surface area contributed by atoms with Gasteiger partial charge in [0.25, 0.3) is 5.91 Å². The summed E-state index contributed by atoms with van der Waals surface area (Å²) in [5.41, 5.74) is 8.81. The number of rotatable bonds is 8. The molecular formula is C28H23N3O3S. The van der Waals surface area contributed by atoms with Crippen molar-refractivity contribution in [3.63, 3.8) is 0 Å². The molecule has 0 bridgehead atoms. The molecule has 2 aromatic heterocycles. The Balaban J connectivity index is 1.33. The number of carbonyl (C=O) groups is 2. The fourth-order valence-corrected chi connectivity index (χ4v) is 5.01. The minimum atomic E-state index is -0.578. The summed E-state index contributed by atoms with van der Waals surface area (Å²) in [6.45, 7) is 0.548. The van der Waals surface area contributed by atoms with Gasteiger partial charge in [-0.05, 0) is 35.4 Å². The predicted molar refractivity (Wildman–Crippen MR) is 140 cm³/mol. The summed E-state index contributed by atoms with van der Waals surface area (Å²) >= 11 is 1.33. The molecule has 3 aromatic carbocycles. The van der Waals surface area contributed by atoms with E-state index in [1.807, 2.05) is 95.7 Å². The first kappa shape index (κ1) is 22.4. The lowest BCUT2D eigenvalue weighted by Crippen LogP contribution is -2.20. The zero-order chi connectivity index (χ0) is 24.2. The number of thiophene rings is 1. The number of nitrogens with zero attached hydrogens (tertiary/aromatic N) is 1. The maximum Gasteiger partial charge on any atom is 0.251 e. The molecule has 0 radical (unpaired) electrons. The van der Waals surface area contributed by atoms with Crippen molar-refractivity contribution < 1.29 is 14.3 Å². The van der Waals surface area contributed by atoms with Crippen LogP contribution in [0.25, 0.3) is 21.3 Å². The van der Waals surface area contributed by atoms with Crippen LogP contribution in [-0.2, 0) is 17.9 Å². The Bertz CT molecular complexity index is 1490. The summed E-state index contributed by atoms with van der Waals surface area (Å²) in [7, 11) is 0. The van der Waals surface area contributed by atoms with Crippen LogP contribution in [0.2, 0.25) is 0 Å². The average molecular weight is 482 g/mol. The Kier molecular flexibility index (Phi) is 6.32. The Labute approximate surface area is 206 Å². The van der Waals surface area contributed by atoms with Crippen molar-refractivity contribution in [2.24, 2.45) is 5.73 Å². The van der Waals surface area contributed by atoms with Crippen molar-refractivity contribution in [3.05, 3.63) is 108 Å². The quantitative estimate of drug-likeness (QED) is 0.299. The van der Waals surface area contributed by atoms with E-state index in [-0.39, 0.29) is 12.5 Å². The highest BCUT2D eigenvalue weighted by molar-refractivity contribution is 7.20. The van der Waals surface area contributed by atoms with Gasteiger partial charge in [-0.1, -0.05) is 66.7 Å². The van der Waals surface area contributed by atoms with E-state index < -0.39 is 5.91 Å². The molecule has 0 aliphatic carbocycles. The van der Waals surface area contributed by atoms with Gasteiger partial charge in [0.15, 0.2) is 0 Å². The molecular weight excluding hydrogens is 458 g/mol. The molecule has 5 rings (SSSR count). The van der Waals surface area contributed by atoms with E-state index in [0.29, 0.717) is 17.2 Å². The summed E-state index contributed by atoms with van der Waals surface area (Å²) in [6.07, 6.45) is 1.86. The molecule has 35 heavy (non-hydrogen) atoms. The molecule has 2 amide bonds. The van der Waals surface area contributed by atoms with Gasteiger partial charge in [-0.25, -0.2) is 0 Å². The lowest BCUT2D eigenvalue weighted by molar-refractivity contribution is -0.116. The van der Waals surface area contributed by atoms with Crippen LogP contribution in [0.4, 0.5) is 5.00 Å². The van der Waals surface area contributed by atoms with Gasteiger partial charge in [0.05, 0.1) is 11.1 Å². The Morgan fingerprint density at radius 2 is 1.66 bits per heavy atom.